The molecule has 43 heavy (non-hydrogen) atoms. The van der Waals surface area contributed by atoms with E-state index in [4.69, 9.17) is 9.84 Å². The molecule has 0 radical (unpaired) electrons. The zero-order valence-electron chi connectivity index (χ0n) is 24.4. The zero-order chi connectivity index (χ0) is 31.5. The number of amides is 4. The van der Waals surface area contributed by atoms with Crippen molar-refractivity contribution >= 4 is 35.9 Å². The van der Waals surface area contributed by atoms with E-state index in [1.807, 2.05) is 55.5 Å². The largest absolute Gasteiger partial charge is 0.488 e. The minimum Gasteiger partial charge on any atom is -0.488 e. The van der Waals surface area contributed by atoms with Crippen LogP contribution >= 0.6 is 0 Å². The van der Waals surface area contributed by atoms with E-state index in [-0.39, 0.29) is 24.8 Å². The van der Waals surface area contributed by atoms with Crippen LogP contribution in [0.2, 0.25) is 0 Å². The summed E-state index contributed by atoms with van der Waals surface area (Å²) in [4.78, 5) is 74.8. The molecule has 12 heteroatoms. The summed E-state index contributed by atoms with van der Waals surface area (Å²) in [6.07, 6.45) is -0.213. The lowest BCUT2D eigenvalue weighted by Gasteiger charge is -2.26. The smallest absolute Gasteiger partial charge is 0.305 e. The van der Waals surface area contributed by atoms with E-state index in [1.165, 1.54) is 11.8 Å². The number of nitrogens with zero attached hydrogens (tertiary/aromatic N) is 1. The highest BCUT2D eigenvalue weighted by Crippen LogP contribution is 2.28. The number of ether oxygens (including phenoxy) is 1. The molecule has 2 aromatic rings. The van der Waals surface area contributed by atoms with Gasteiger partial charge in [-0.3, -0.25) is 24.0 Å². The predicted octanol–water partition coefficient (Wildman–Crippen LogP) is 1.53. The van der Waals surface area contributed by atoms with Gasteiger partial charge in [-0.15, -0.1) is 0 Å². The number of nitrogens with one attached hydrogen (secondary N) is 3. The normalized spacial score (nSPS) is 18.1. The molecule has 4 amide bonds. The molecular weight excluding hydrogens is 556 g/mol. The lowest BCUT2D eigenvalue weighted by molar-refractivity contribution is -0.141. The summed E-state index contributed by atoms with van der Waals surface area (Å²) < 4.78 is 6.18. The van der Waals surface area contributed by atoms with Crippen LogP contribution in [0.4, 0.5) is 0 Å². The minimum atomic E-state index is -1.28. The molecule has 0 spiro atoms. The van der Waals surface area contributed by atoms with Crippen molar-refractivity contribution < 1.29 is 38.6 Å². The second-order valence-electron chi connectivity index (χ2n) is 10.6. The average molecular weight is 595 g/mol. The van der Waals surface area contributed by atoms with Crippen molar-refractivity contribution in [3.63, 3.8) is 0 Å². The predicted molar refractivity (Wildman–Crippen MR) is 157 cm³/mol. The third-order valence-corrected chi connectivity index (χ3v) is 7.28. The molecule has 1 aliphatic heterocycles. The molecule has 1 aliphatic rings. The lowest BCUT2D eigenvalue weighted by atomic mass is 9.98. The summed E-state index contributed by atoms with van der Waals surface area (Å²) >= 11 is 0. The number of benzene rings is 2. The van der Waals surface area contributed by atoms with Gasteiger partial charge in [0.15, 0.2) is 0 Å². The van der Waals surface area contributed by atoms with Gasteiger partial charge in [0.05, 0.1) is 25.6 Å². The third-order valence-electron chi connectivity index (χ3n) is 7.28. The van der Waals surface area contributed by atoms with Gasteiger partial charge in [0.2, 0.25) is 23.6 Å². The second kappa shape index (κ2) is 15.5. The molecule has 0 unspecified atom stereocenters. The zero-order valence-corrected chi connectivity index (χ0v) is 24.4. The van der Waals surface area contributed by atoms with Crippen LogP contribution in [-0.4, -0.2) is 83.2 Å². The number of hydrogen-bond acceptors (Lipinski definition) is 7. The van der Waals surface area contributed by atoms with Crippen LogP contribution in [-0.2, 0) is 28.8 Å². The molecule has 2 aromatic carbocycles. The lowest BCUT2D eigenvalue weighted by Crippen LogP contribution is -2.54. The fraction of sp³-hybridized carbons (Fsp3) is 0.419. The van der Waals surface area contributed by atoms with Gasteiger partial charge in [0, 0.05) is 13.3 Å². The van der Waals surface area contributed by atoms with Gasteiger partial charge in [0.1, 0.15) is 30.2 Å². The van der Waals surface area contributed by atoms with Gasteiger partial charge in [-0.25, -0.2) is 0 Å². The number of carbonyl (C=O) groups excluding carboxylic acids is 5. The summed E-state index contributed by atoms with van der Waals surface area (Å²) in [5, 5.41) is 16.6. The van der Waals surface area contributed by atoms with E-state index in [9.17, 15) is 28.8 Å². The van der Waals surface area contributed by atoms with Gasteiger partial charge in [-0.1, -0.05) is 62.7 Å². The van der Waals surface area contributed by atoms with Crippen molar-refractivity contribution in [3.05, 3.63) is 54.6 Å². The minimum absolute atomic E-state index is 0.00747. The summed E-state index contributed by atoms with van der Waals surface area (Å²) in [5.41, 5.74) is 1.90. The first-order valence-corrected chi connectivity index (χ1v) is 14.2. The maximum Gasteiger partial charge on any atom is 0.305 e. The summed E-state index contributed by atoms with van der Waals surface area (Å²) in [7, 11) is 0. The molecule has 1 fully saturated rings. The van der Waals surface area contributed by atoms with Crippen molar-refractivity contribution in [1.29, 1.82) is 0 Å². The highest BCUT2D eigenvalue weighted by molar-refractivity contribution is 5.93. The number of aliphatic carboxylic acids is 1. The molecule has 5 atom stereocenters. The average Bonchev–Trinajstić information content (AvgIpc) is 3.42. The Morgan fingerprint density at radius 3 is 2.37 bits per heavy atom. The Hall–Kier alpha value is -4.74. The first kappa shape index (κ1) is 32.8. The number of carboxylic acids is 1. The second-order valence-corrected chi connectivity index (χ2v) is 10.6. The molecule has 0 bridgehead atoms. The Morgan fingerprint density at radius 2 is 1.74 bits per heavy atom. The maximum absolute atomic E-state index is 13.3. The topological polar surface area (TPSA) is 171 Å². The van der Waals surface area contributed by atoms with E-state index in [2.05, 4.69) is 16.0 Å². The van der Waals surface area contributed by atoms with E-state index < -0.39 is 60.9 Å². The summed E-state index contributed by atoms with van der Waals surface area (Å²) in [6.45, 7) is 4.54. The monoisotopic (exact) mass is 594 g/mol. The van der Waals surface area contributed by atoms with Crippen LogP contribution in [0, 0.1) is 5.92 Å². The molecule has 1 heterocycles. The van der Waals surface area contributed by atoms with E-state index >= 15 is 0 Å². The molecule has 230 valence electrons. The van der Waals surface area contributed by atoms with Gasteiger partial charge >= 0.3 is 5.97 Å². The molecular formula is C31H38N4O8. The Labute approximate surface area is 250 Å². The van der Waals surface area contributed by atoms with Crippen molar-refractivity contribution in [1.82, 2.24) is 20.9 Å². The number of aldehydes is 1. The Kier molecular flexibility index (Phi) is 11.8. The number of rotatable bonds is 14. The highest BCUT2D eigenvalue weighted by atomic mass is 16.5. The SMILES string of the molecule is CC[C@H](C)[C@H](NC(C)=O)C(=O)NCC(=O)N1C[C@@H](Oc2cccc(-c3ccccc3)c2)C[C@H]1C(=O)N[C@H](C=O)CC(=O)O. The van der Waals surface area contributed by atoms with E-state index in [1.54, 1.807) is 13.0 Å². The van der Waals surface area contributed by atoms with Crippen LogP contribution in [0.15, 0.2) is 54.6 Å². The van der Waals surface area contributed by atoms with Gasteiger partial charge < -0.3 is 35.5 Å². The van der Waals surface area contributed by atoms with Crippen molar-refractivity contribution in [2.45, 2.75) is 64.3 Å². The van der Waals surface area contributed by atoms with Crippen molar-refractivity contribution in [3.8, 4) is 16.9 Å². The molecule has 0 aromatic heterocycles. The molecule has 4 N–H and O–H groups in total. The van der Waals surface area contributed by atoms with Gasteiger partial charge in [-0.2, -0.15) is 0 Å². The van der Waals surface area contributed by atoms with Crippen molar-refractivity contribution in [2.24, 2.45) is 5.92 Å². The third kappa shape index (κ3) is 9.38. The van der Waals surface area contributed by atoms with Gasteiger partial charge in [-0.05, 0) is 29.2 Å². The number of carboxylic acid groups (broad SMARTS) is 1. The van der Waals surface area contributed by atoms with Crippen molar-refractivity contribution in [2.75, 3.05) is 13.1 Å². The molecule has 1 saturated heterocycles. The quantitative estimate of drug-likeness (QED) is 0.239. The first-order chi connectivity index (χ1) is 20.5. The van der Waals surface area contributed by atoms with Crippen LogP contribution in [0.1, 0.15) is 40.0 Å². The number of carbonyl (C=O) groups is 6. The molecule has 12 nitrogen and oxygen atoms in total. The fourth-order valence-corrected chi connectivity index (χ4v) is 4.87. The number of hydrogen-bond donors (Lipinski definition) is 4. The molecule has 0 aliphatic carbocycles. The Morgan fingerprint density at radius 1 is 1.05 bits per heavy atom. The Balaban J connectivity index is 1.77. The Bertz CT molecular complexity index is 1320. The maximum atomic E-state index is 13.3. The van der Waals surface area contributed by atoms with Crippen LogP contribution in [0.25, 0.3) is 11.1 Å². The van der Waals surface area contributed by atoms with Crippen LogP contribution in [0.3, 0.4) is 0 Å². The van der Waals surface area contributed by atoms with E-state index in [0.29, 0.717) is 18.5 Å². The highest BCUT2D eigenvalue weighted by Gasteiger charge is 2.41. The first-order valence-electron chi connectivity index (χ1n) is 14.2. The van der Waals surface area contributed by atoms with Crippen LogP contribution < -0.4 is 20.7 Å². The molecule has 0 saturated carbocycles. The standard InChI is InChI=1S/C31H38N4O8/c1-4-19(2)29(33-20(3)37)31(42)32-16-27(38)35-17-25(15-26(35)30(41)34-23(18-36)14-28(39)40)43-24-12-8-11-22(13-24)21-9-6-5-7-10-21/h5-13,18-19,23,25-26,29H,4,14-17H2,1-3H3,(H,32,42)(H,33,37)(H,34,41)(H,39,40)/t19-,23-,25-,26-,29-/m0/s1. The number of likely N-dealkylation sites (tertiary alicyclic amines) is 1. The fourth-order valence-electron chi connectivity index (χ4n) is 4.87. The summed E-state index contributed by atoms with van der Waals surface area (Å²) in [6, 6.07) is 13.8. The van der Waals surface area contributed by atoms with Gasteiger partial charge in [0.25, 0.3) is 0 Å². The molecule has 3 rings (SSSR count). The van der Waals surface area contributed by atoms with E-state index in [0.717, 1.165) is 11.1 Å². The summed E-state index contributed by atoms with van der Waals surface area (Å²) in [5.74, 6) is -3.15. The van der Waals surface area contributed by atoms with Crippen LogP contribution in [0.5, 0.6) is 5.75 Å².